The van der Waals surface area contributed by atoms with Crippen LogP contribution in [0.1, 0.15) is 49.1 Å². The molecule has 2 rings (SSSR count). The quantitative estimate of drug-likeness (QED) is 0.527. The molecule has 0 saturated heterocycles. The molecule has 0 aliphatic heterocycles. The third kappa shape index (κ3) is 4.41. The molecular formula is C17H21Br2NS. The van der Waals surface area contributed by atoms with E-state index in [9.17, 15) is 0 Å². The molecule has 4 heteroatoms. The normalized spacial score (nSPS) is 14.1. The fourth-order valence-corrected chi connectivity index (χ4v) is 4.85. The summed E-state index contributed by atoms with van der Waals surface area (Å²) in [6.45, 7) is 5.53. The van der Waals surface area contributed by atoms with Crippen LogP contribution in [0, 0.1) is 0 Å². The van der Waals surface area contributed by atoms with Crippen molar-refractivity contribution in [3.8, 4) is 0 Å². The maximum absolute atomic E-state index is 3.74. The molecule has 21 heavy (non-hydrogen) atoms. The van der Waals surface area contributed by atoms with E-state index in [4.69, 9.17) is 0 Å². The van der Waals surface area contributed by atoms with E-state index in [1.54, 1.807) is 0 Å². The van der Waals surface area contributed by atoms with Gasteiger partial charge in [0.05, 0.1) is 3.79 Å². The van der Waals surface area contributed by atoms with Crippen LogP contribution in [0.15, 0.2) is 44.7 Å². The lowest BCUT2D eigenvalue weighted by Gasteiger charge is -2.27. The van der Waals surface area contributed by atoms with Gasteiger partial charge in [-0.05, 0) is 62.9 Å². The molecule has 1 nitrogen and oxygen atoms in total. The lowest BCUT2D eigenvalue weighted by atomic mass is 9.88. The molecule has 0 radical (unpaired) electrons. The highest BCUT2D eigenvalue weighted by Gasteiger charge is 2.25. The van der Waals surface area contributed by atoms with Crippen LogP contribution < -0.4 is 5.32 Å². The zero-order valence-electron chi connectivity index (χ0n) is 12.4. The molecule has 0 amide bonds. The Hall–Kier alpha value is -0.160. The van der Waals surface area contributed by atoms with E-state index in [-0.39, 0.29) is 0 Å². The fraction of sp³-hybridized carbons (Fsp3) is 0.412. The molecule has 114 valence electrons. The number of thiophene rings is 1. The number of rotatable bonds is 7. The van der Waals surface area contributed by atoms with Crippen LogP contribution in [-0.4, -0.2) is 6.54 Å². The Morgan fingerprint density at radius 1 is 1.14 bits per heavy atom. The highest BCUT2D eigenvalue weighted by Crippen LogP contribution is 2.41. The Bertz CT molecular complexity index is 534. The van der Waals surface area contributed by atoms with E-state index in [1.807, 2.05) is 11.3 Å². The maximum atomic E-state index is 3.74. The molecule has 0 fully saturated rings. The van der Waals surface area contributed by atoms with E-state index in [1.165, 1.54) is 14.2 Å². The van der Waals surface area contributed by atoms with E-state index in [2.05, 4.69) is 87.4 Å². The van der Waals surface area contributed by atoms with Crippen molar-refractivity contribution in [2.45, 2.75) is 38.6 Å². The molecule has 0 bridgehead atoms. The zero-order chi connectivity index (χ0) is 15.2. The molecule has 1 heterocycles. The maximum Gasteiger partial charge on any atom is 0.0843 e. The second-order valence-corrected chi connectivity index (χ2v) is 8.38. The second kappa shape index (κ2) is 8.47. The third-order valence-electron chi connectivity index (χ3n) is 3.65. The van der Waals surface area contributed by atoms with Crippen LogP contribution in [0.2, 0.25) is 0 Å². The highest BCUT2D eigenvalue weighted by molar-refractivity contribution is 9.13. The molecular weight excluding hydrogens is 410 g/mol. The van der Waals surface area contributed by atoms with Gasteiger partial charge in [-0.1, -0.05) is 44.2 Å². The van der Waals surface area contributed by atoms with Crippen LogP contribution in [0.25, 0.3) is 0 Å². The lowest BCUT2D eigenvalue weighted by molar-refractivity contribution is 0.441. The van der Waals surface area contributed by atoms with Gasteiger partial charge in [0.25, 0.3) is 0 Å². The van der Waals surface area contributed by atoms with E-state index >= 15 is 0 Å². The highest BCUT2D eigenvalue weighted by atomic mass is 79.9. The second-order valence-electron chi connectivity index (χ2n) is 5.13. The molecule has 0 aliphatic rings. The van der Waals surface area contributed by atoms with Crippen molar-refractivity contribution in [2.75, 3.05) is 6.54 Å². The number of benzene rings is 1. The van der Waals surface area contributed by atoms with Crippen LogP contribution in [0.5, 0.6) is 0 Å². The van der Waals surface area contributed by atoms with Gasteiger partial charge in [-0.2, -0.15) is 0 Å². The van der Waals surface area contributed by atoms with Gasteiger partial charge in [-0.25, -0.2) is 0 Å². The largest absolute Gasteiger partial charge is 0.309 e. The zero-order valence-corrected chi connectivity index (χ0v) is 16.4. The molecule has 1 N–H and O–H groups in total. The van der Waals surface area contributed by atoms with E-state index in [0.717, 1.165) is 23.9 Å². The van der Waals surface area contributed by atoms with Crippen molar-refractivity contribution >= 4 is 43.2 Å². The number of halogens is 2. The van der Waals surface area contributed by atoms with Crippen molar-refractivity contribution < 1.29 is 0 Å². The molecule has 0 saturated carbocycles. The average molecular weight is 431 g/mol. The molecule has 1 aromatic carbocycles. The predicted octanol–water partition coefficient (Wildman–Crippen LogP) is 6.51. The fourth-order valence-electron chi connectivity index (χ4n) is 2.62. The summed E-state index contributed by atoms with van der Waals surface area (Å²) in [5, 5.41) is 3.74. The summed E-state index contributed by atoms with van der Waals surface area (Å²) in [5.74, 6) is 0.496. The Balaban J connectivity index is 2.33. The first-order valence-electron chi connectivity index (χ1n) is 7.40. The monoisotopic (exact) mass is 429 g/mol. The van der Waals surface area contributed by atoms with Crippen molar-refractivity contribution in [3.63, 3.8) is 0 Å². The van der Waals surface area contributed by atoms with Crippen molar-refractivity contribution in [2.24, 2.45) is 0 Å². The van der Waals surface area contributed by atoms with Crippen LogP contribution in [0.4, 0.5) is 0 Å². The van der Waals surface area contributed by atoms with Crippen molar-refractivity contribution in [1.82, 2.24) is 5.32 Å². The number of nitrogens with one attached hydrogen (secondary N) is 1. The first-order chi connectivity index (χ1) is 10.2. The molecule has 2 aromatic rings. The van der Waals surface area contributed by atoms with Crippen LogP contribution >= 0.6 is 43.2 Å². The first-order valence-corrected chi connectivity index (χ1v) is 9.80. The van der Waals surface area contributed by atoms with Crippen molar-refractivity contribution in [1.29, 1.82) is 0 Å². The summed E-state index contributed by atoms with van der Waals surface area (Å²) >= 11 is 9.06. The molecule has 2 unspecified atom stereocenters. The molecule has 1 aromatic heterocycles. The van der Waals surface area contributed by atoms with Gasteiger partial charge in [0.15, 0.2) is 0 Å². The van der Waals surface area contributed by atoms with Gasteiger partial charge < -0.3 is 5.32 Å². The third-order valence-corrected chi connectivity index (χ3v) is 6.99. The van der Waals surface area contributed by atoms with Gasteiger partial charge in [0.2, 0.25) is 0 Å². The van der Waals surface area contributed by atoms with E-state index in [0.29, 0.717) is 12.0 Å². The summed E-state index contributed by atoms with van der Waals surface area (Å²) in [6.07, 6.45) is 2.27. The van der Waals surface area contributed by atoms with Crippen LogP contribution in [-0.2, 0) is 0 Å². The van der Waals surface area contributed by atoms with Gasteiger partial charge in [-0.15, -0.1) is 11.3 Å². The summed E-state index contributed by atoms with van der Waals surface area (Å²) in [5.41, 5.74) is 1.41. The first kappa shape index (κ1) is 17.2. The Labute approximate surface area is 148 Å². The number of hydrogen-bond acceptors (Lipinski definition) is 2. The SMILES string of the molecule is CCCNC(c1cc(Br)c(Br)s1)C(CC)c1ccccc1. The molecule has 0 spiro atoms. The van der Waals surface area contributed by atoms with Crippen molar-refractivity contribution in [3.05, 3.63) is 55.1 Å². The summed E-state index contributed by atoms with van der Waals surface area (Å²) in [4.78, 5) is 1.39. The predicted molar refractivity (Wildman–Crippen MR) is 100 cm³/mol. The molecule has 0 aliphatic carbocycles. The van der Waals surface area contributed by atoms with Gasteiger partial charge >= 0.3 is 0 Å². The van der Waals surface area contributed by atoms with Gasteiger partial charge in [-0.3, -0.25) is 0 Å². The Morgan fingerprint density at radius 2 is 1.86 bits per heavy atom. The average Bonchev–Trinajstić information content (AvgIpc) is 2.83. The topological polar surface area (TPSA) is 12.0 Å². The smallest absolute Gasteiger partial charge is 0.0843 e. The standard InChI is InChI=1S/C17H21Br2NS/c1-3-10-20-16(15-11-14(18)17(19)21-15)13(4-2)12-8-6-5-7-9-12/h5-9,11,13,16,20H,3-4,10H2,1-2H3. The van der Waals surface area contributed by atoms with Gasteiger partial charge in [0.1, 0.15) is 0 Å². The summed E-state index contributed by atoms with van der Waals surface area (Å²) in [7, 11) is 0. The summed E-state index contributed by atoms with van der Waals surface area (Å²) in [6, 6.07) is 13.4. The van der Waals surface area contributed by atoms with Gasteiger partial charge in [0, 0.05) is 21.3 Å². The van der Waals surface area contributed by atoms with E-state index < -0.39 is 0 Å². The Morgan fingerprint density at radius 3 is 2.38 bits per heavy atom. The minimum Gasteiger partial charge on any atom is -0.309 e. The lowest BCUT2D eigenvalue weighted by Crippen LogP contribution is -2.27. The minimum atomic E-state index is 0.366. The molecule has 2 atom stereocenters. The minimum absolute atomic E-state index is 0.366. The summed E-state index contributed by atoms with van der Waals surface area (Å²) < 4.78 is 2.32. The number of hydrogen-bond donors (Lipinski definition) is 1. The van der Waals surface area contributed by atoms with Crippen LogP contribution in [0.3, 0.4) is 0 Å². The Kier molecular flexibility index (Phi) is 6.93.